The average molecular weight is 627 g/mol. The summed E-state index contributed by atoms with van der Waals surface area (Å²) in [5, 5.41) is 1.36. The van der Waals surface area contributed by atoms with Gasteiger partial charge in [0.15, 0.2) is 0 Å². The molecule has 0 aliphatic carbocycles. The van der Waals surface area contributed by atoms with E-state index in [0.29, 0.717) is 29.7 Å². The molecule has 6 rings (SSSR count). The number of rotatable bonds is 5. The number of piperidine rings is 1. The number of halogens is 3. The summed E-state index contributed by atoms with van der Waals surface area (Å²) in [5.41, 5.74) is 4.09. The molecule has 2 aliphatic heterocycles. The fourth-order valence-corrected chi connectivity index (χ4v) is 6.63. The van der Waals surface area contributed by atoms with E-state index in [1.165, 1.54) is 0 Å². The van der Waals surface area contributed by atoms with E-state index in [9.17, 15) is 4.79 Å². The van der Waals surface area contributed by atoms with Crippen molar-refractivity contribution in [3.63, 3.8) is 0 Å². The van der Waals surface area contributed by atoms with Crippen molar-refractivity contribution in [1.29, 1.82) is 0 Å². The number of hydrogen-bond acceptors (Lipinski definition) is 4. The fourth-order valence-electron chi connectivity index (χ4n) is 5.84. The number of para-hydroxylation sites is 2. The predicted octanol–water partition coefficient (Wildman–Crippen LogP) is 6.66. The number of piperazine rings is 1. The van der Waals surface area contributed by atoms with E-state index in [1.807, 2.05) is 35.2 Å². The van der Waals surface area contributed by atoms with Gasteiger partial charge in [-0.05, 0) is 67.9 Å². The normalized spacial score (nSPS) is 18.6. The van der Waals surface area contributed by atoms with E-state index >= 15 is 0 Å². The molecule has 2 aliphatic rings. The first-order valence-corrected chi connectivity index (χ1v) is 14.9. The van der Waals surface area contributed by atoms with Gasteiger partial charge in [0.2, 0.25) is 5.91 Å². The Bertz CT molecular complexity index is 1500. The number of amides is 1. The smallest absolute Gasteiger partial charge is 0.227 e. The molecular formula is C30H30BrCl2N5O. The summed E-state index contributed by atoms with van der Waals surface area (Å²) in [7, 11) is 0. The number of fused-ring (bicyclic) bond motifs is 1. The maximum absolute atomic E-state index is 13.6. The number of imidazole rings is 1. The molecule has 2 saturated heterocycles. The Morgan fingerprint density at radius 3 is 2.59 bits per heavy atom. The van der Waals surface area contributed by atoms with Gasteiger partial charge in [0.05, 0.1) is 34.2 Å². The molecule has 4 aromatic rings. The maximum Gasteiger partial charge on any atom is 0.227 e. The van der Waals surface area contributed by atoms with Crippen molar-refractivity contribution in [3.05, 3.63) is 87.1 Å². The number of likely N-dealkylation sites (tertiary alicyclic amines) is 1. The Morgan fingerprint density at radius 2 is 1.77 bits per heavy atom. The summed E-state index contributed by atoms with van der Waals surface area (Å²) in [4.78, 5) is 25.2. The first-order valence-electron chi connectivity index (χ1n) is 13.4. The highest BCUT2D eigenvalue weighted by Gasteiger charge is 2.32. The second-order valence-electron chi connectivity index (χ2n) is 10.3. The number of carbonyl (C=O) groups excluding carboxylic acids is 1. The lowest BCUT2D eigenvalue weighted by atomic mass is 9.96. The molecule has 1 amide bonds. The van der Waals surface area contributed by atoms with Crippen LogP contribution in [0.5, 0.6) is 0 Å². The first kappa shape index (κ1) is 26.6. The predicted molar refractivity (Wildman–Crippen MR) is 162 cm³/mol. The topological polar surface area (TPSA) is 44.6 Å². The van der Waals surface area contributed by atoms with Crippen LogP contribution in [0.2, 0.25) is 10.0 Å². The highest BCUT2D eigenvalue weighted by molar-refractivity contribution is 9.10. The lowest BCUT2D eigenvalue weighted by molar-refractivity contribution is -0.137. The van der Waals surface area contributed by atoms with Crippen molar-refractivity contribution in [2.24, 2.45) is 5.92 Å². The van der Waals surface area contributed by atoms with Crippen LogP contribution in [0.25, 0.3) is 16.7 Å². The van der Waals surface area contributed by atoms with Gasteiger partial charge >= 0.3 is 0 Å². The minimum atomic E-state index is 0.00348. The van der Waals surface area contributed by atoms with Gasteiger partial charge in [0.25, 0.3) is 0 Å². The molecule has 6 nitrogen and oxygen atoms in total. The van der Waals surface area contributed by atoms with E-state index < -0.39 is 0 Å². The maximum atomic E-state index is 13.6. The Balaban J connectivity index is 1.14. The van der Waals surface area contributed by atoms with E-state index in [2.05, 4.69) is 60.6 Å². The third kappa shape index (κ3) is 5.68. The summed E-state index contributed by atoms with van der Waals surface area (Å²) in [6.07, 6.45) is 1.93. The van der Waals surface area contributed by atoms with Crippen LogP contribution < -0.4 is 4.90 Å². The second-order valence-corrected chi connectivity index (χ2v) is 12.1. The molecule has 39 heavy (non-hydrogen) atoms. The minimum Gasteiger partial charge on any atom is -0.367 e. The largest absolute Gasteiger partial charge is 0.367 e. The van der Waals surface area contributed by atoms with Crippen LogP contribution in [0.1, 0.15) is 18.7 Å². The first-order chi connectivity index (χ1) is 19.0. The number of carbonyl (C=O) groups is 1. The summed E-state index contributed by atoms with van der Waals surface area (Å²) in [6.45, 7) is 5.30. The lowest BCUT2D eigenvalue weighted by Crippen LogP contribution is -2.52. The monoisotopic (exact) mass is 625 g/mol. The van der Waals surface area contributed by atoms with Crippen LogP contribution in [-0.4, -0.2) is 64.5 Å². The molecule has 3 aromatic carbocycles. The van der Waals surface area contributed by atoms with Crippen LogP contribution in [0.15, 0.2) is 71.2 Å². The molecule has 2 fully saturated rings. The van der Waals surface area contributed by atoms with Crippen molar-refractivity contribution in [2.75, 3.05) is 44.2 Å². The minimum absolute atomic E-state index is 0.00348. The van der Waals surface area contributed by atoms with Gasteiger partial charge in [-0.15, -0.1) is 0 Å². The number of benzene rings is 3. The Labute approximate surface area is 247 Å². The van der Waals surface area contributed by atoms with Crippen molar-refractivity contribution >= 4 is 61.8 Å². The van der Waals surface area contributed by atoms with E-state index in [-0.39, 0.29) is 11.8 Å². The van der Waals surface area contributed by atoms with E-state index in [1.54, 1.807) is 6.07 Å². The zero-order chi connectivity index (χ0) is 26.9. The second kappa shape index (κ2) is 11.5. The van der Waals surface area contributed by atoms with Crippen LogP contribution in [-0.2, 0) is 11.3 Å². The zero-order valence-corrected chi connectivity index (χ0v) is 24.7. The van der Waals surface area contributed by atoms with Crippen molar-refractivity contribution < 1.29 is 4.79 Å². The van der Waals surface area contributed by atoms with Gasteiger partial charge in [0.1, 0.15) is 5.82 Å². The summed E-state index contributed by atoms with van der Waals surface area (Å²) < 4.78 is 3.27. The van der Waals surface area contributed by atoms with Crippen molar-refractivity contribution in [3.8, 4) is 5.69 Å². The van der Waals surface area contributed by atoms with Crippen LogP contribution in [0, 0.1) is 5.92 Å². The van der Waals surface area contributed by atoms with Crippen LogP contribution in [0.4, 0.5) is 5.69 Å². The molecule has 1 atom stereocenters. The van der Waals surface area contributed by atoms with Gasteiger partial charge < -0.3 is 9.80 Å². The van der Waals surface area contributed by atoms with Gasteiger partial charge in [-0.2, -0.15) is 0 Å². The highest BCUT2D eigenvalue weighted by atomic mass is 79.9. The molecule has 1 aromatic heterocycles. The Morgan fingerprint density at radius 1 is 0.949 bits per heavy atom. The fraction of sp³-hybridized carbons (Fsp3) is 0.333. The number of hydrogen-bond donors (Lipinski definition) is 0. The van der Waals surface area contributed by atoms with Gasteiger partial charge in [0, 0.05) is 47.9 Å². The van der Waals surface area contributed by atoms with Crippen molar-refractivity contribution in [1.82, 2.24) is 19.4 Å². The molecule has 202 valence electrons. The third-order valence-electron chi connectivity index (χ3n) is 7.76. The highest BCUT2D eigenvalue weighted by Crippen LogP contribution is 2.31. The molecule has 0 spiro atoms. The molecule has 0 saturated carbocycles. The summed E-state index contributed by atoms with van der Waals surface area (Å²) >= 11 is 16.2. The van der Waals surface area contributed by atoms with Gasteiger partial charge in [-0.3, -0.25) is 14.3 Å². The molecular weight excluding hydrogens is 597 g/mol. The van der Waals surface area contributed by atoms with Gasteiger partial charge in [-0.25, -0.2) is 4.98 Å². The standard InChI is InChI=1S/C30H30BrCl2N5O/c31-22-6-3-7-24(17-22)38-27-9-2-1-8-26(27)34-29(38)20-35-12-4-5-21(19-35)30(39)37-15-13-36(14-16-37)28-18-23(32)10-11-25(28)33/h1-3,6-11,17-18,21H,4-5,12-16,19-20H2/t21-/m0/s1. The quantitative estimate of drug-likeness (QED) is 0.249. The van der Waals surface area contributed by atoms with E-state index in [4.69, 9.17) is 28.2 Å². The molecule has 9 heteroatoms. The zero-order valence-electron chi connectivity index (χ0n) is 21.6. The number of anilines is 1. The van der Waals surface area contributed by atoms with Crippen molar-refractivity contribution in [2.45, 2.75) is 19.4 Å². The van der Waals surface area contributed by atoms with Crippen LogP contribution in [0.3, 0.4) is 0 Å². The summed E-state index contributed by atoms with van der Waals surface area (Å²) in [6, 6.07) is 22.1. The number of nitrogens with zero attached hydrogens (tertiary/aromatic N) is 5. The lowest BCUT2D eigenvalue weighted by Gasteiger charge is -2.40. The Hall–Kier alpha value is -2.58. The molecule has 3 heterocycles. The molecule has 0 radical (unpaired) electrons. The average Bonchev–Trinajstić information content (AvgIpc) is 3.32. The van der Waals surface area contributed by atoms with Crippen LogP contribution >= 0.6 is 39.1 Å². The number of aromatic nitrogens is 2. The molecule has 0 N–H and O–H groups in total. The third-order valence-corrected chi connectivity index (χ3v) is 8.80. The van der Waals surface area contributed by atoms with E-state index in [0.717, 1.165) is 71.7 Å². The Kier molecular flexibility index (Phi) is 7.85. The summed E-state index contributed by atoms with van der Waals surface area (Å²) in [5.74, 6) is 1.26. The SMILES string of the molecule is O=C([C@H]1CCCN(Cc2nc3ccccc3n2-c2cccc(Br)c2)C1)N1CCN(c2cc(Cl)ccc2Cl)CC1. The van der Waals surface area contributed by atoms with Gasteiger partial charge in [-0.1, -0.05) is 57.3 Å². The molecule has 0 unspecified atom stereocenters. The molecule has 0 bridgehead atoms.